The summed E-state index contributed by atoms with van der Waals surface area (Å²) >= 11 is 5.89. The average Bonchev–Trinajstić information content (AvgIpc) is 3.04. The van der Waals surface area contributed by atoms with Crippen LogP contribution in [-0.2, 0) is 9.59 Å². The first-order chi connectivity index (χ1) is 15.7. The van der Waals surface area contributed by atoms with Crippen LogP contribution < -0.4 is 9.64 Å². The number of amides is 1. The number of alkyl halides is 3. The number of aliphatic hydroxyl groups is 1. The Hall–Kier alpha value is -3.85. The number of carbonyl (C=O) groups excluding carboxylic acids is 2. The predicted octanol–water partition coefficient (Wildman–Crippen LogP) is 5.26. The smallest absolute Gasteiger partial charge is 0.507 e. The minimum Gasteiger partial charge on any atom is -0.507 e. The van der Waals surface area contributed by atoms with Gasteiger partial charge in [-0.15, -0.1) is 13.2 Å². The van der Waals surface area contributed by atoms with E-state index in [2.05, 4.69) is 9.72 Å². The van der Waals surface area contributed by atoms with Gasteiger partial charge in [0.25, 0.3) is 11.7 Å². The monoisotopic (exact) mass is 474 g/mol. The van der Waals surface area contributed by atoms with Gasteiger partial charge in [0.15, 0.2) is 0 Å². The fourth-order valence-electron chi connectivity index (χ4n) is 3.55. The third-order valence-electron chi connectivity index (χ3n) is 4.91. The topological polar surface area (TPSA) is 79.7 Å². The number of ether oxygens (including phenoxy) is 1. The number of halogens is 4. The number of hydrogen-bond acceptors (Lipinski definition) is 5. The van der Waals surface area contributed by atoms with Crippen molar-refractivity contribution in [3.63, 3.8) is 0 Å². The maximum Gasteiger partial charge on any atom is 0.573 e. The second-order valence-corrected chi connectivity index (χ2v) is 7.44. The molecular formula is C23H14ClF3N2O4. The molecule has 3 aromatic rings. The summed E-state index contributed by atoms with van der Waals surface area (Å²) in [6, 6.07) is 12.6. The highest BCUT2D eigenvalue weighted by atomic mass is 35.5. The van der Waals surface area contributed by atoms with Crippen molar-refractivity contribution in [2.45, 2.75) is 12.4 Å². The van der Waals surface area contributed by atoms with E-state index in [4.69, 9.17) is 11.6 Å². The summed E-state index contributed by atoms with van der Waals surface area (Å²) in [5.74, 6) is -3.02. The van der Waals surface area contributed by atoms with Gasteiger partial charge in [-0.2, -0.15) is 0 Å². The SMILES string of the molecule is O=C1C(=O)N(c2cccc(OC(F)(F)F)c2)C(c2ccncc2)/C1=C(\O)c1ccc(Cl)cc1. The maximum atomic E-state index is 13.0. The Morgan fingerprint density at radius 2 is 1.70 bits per heavy atom. The highest BCUT2D eigenvalue weighted by Crippen LogP contribution is 2.43. The second-order valence-electron chi connectivity index (χ2n) is 7.00. The van der Waals surface area contributed by atoms with Gasteiger partial charge in [-0.3, -0.25) is 19.5 Å². The Bertz CT molecular complexity index is 1240. The number of aliphatic hydroxyl groups excluding tert-OH is 1. The van der Waals surface area contributed by atoms with Crippen LogP contribution in [0.2, 0.25) is 5.02 Å². The highest BCUT2D eigenvalue weighted by molar-refractivity contribution is 6.51. The van der Waals surface area contributed by atoms with Crippen LogP contribution in [0, 0.1) is 0 Å². The van der Waals surface area contributed by atoms with E-state index in [-0.39, 0.29) is 16.8 Å². The molecule has 1 saturated heterocycles. The van der Waals surface area contributed by atoms with Gasteiger partial charge < -0.3 is 9.84 Å². The largest absolute Gasteiger partial charge is 0.573 e. The molecule has 1 aliphatic rings. The van der Waals surface area contributed by atoms with Gasteiger partial charge in [-0.05, 0) is 54.1 Å². The minimum absolute atomic E-state index is 0.0178. The molecule has 1 unspecified atom stereocenters. The number of Topliss-reactive ketones (excluding diaryl/α,β-unsaturated/α-hetero) is 1. The third kappa shape index (κ3) is 4.54. The lowest BCUT2D eigenvalue weighted by Crippen LogP contribution is -2.29. The summed E-state index contributed by atoms with van der Waals surface area (Å²) in [5.41, 5.74) is 0.416. The molecule has 4 rings (SSSR count). The number of benzene rings is 2. The quantitative estimate of drug-likeness (QED) is 0.317. The zero-order valence-electron chi connectivity index (χ0n) is 16.6. The zero-order chi connectivity index (χ0) is 23.8. The number of carbonyl (C=O) groups is 2. The summed E-state index contributed by atoms with van der Waals surface area (Å²) in [4.78, 5) is 31.0. The Morgan fingerprint density at radius 3 is 2.33 bits per heavy atom. The van der Waals surface area contributed by atoms with Gasteiger partial charge in [-0.25, -0.2) is 0 Å². The van der Waals surface area contributed by atoms with Crippen LogP contribution in [0.15, 0.2) is 78.6 Å². The summed E-state index contributed by atoms with van der Waals surface area (Å²) in [7, 11) is 0. The first kappa shape index (κ1) is 22.3. The van der Waals surface area contributed by atoms with Crippen LogP contribution in [-0.4, -0.2) is 28.1 Å². The molecule has 1 aromatic heterocycles. The molecule has 0 aliphatic carbocycles. The van der Waals surface area contributed by atoms with Crippen molar-refractivity contribution in [3.8, 4) is 5.75 Å². The van der Waals surface area contributed by atoms with Crippen molar-refractivity contribution in [1.82, 2.24) is 4.98 Å². The van der Waals surface area contributed by atoms with E-state index >= 15 is 0 Å². The van der Waals surface area contributed by atoms with Crippen LogP contribution in [0.25, 0.3) is 5.76 Å². The van der Waals surface area contributed by atoms with E-state index in [1.165, 1.54) is 60.9 Å². The molecule has 2 heterocycles. The van der Waals surface area contributed by atoms with Crippen molar-refractivity contribution in [3.05, 3.63) is 94.8 Å². The number of pyridine rings is 1. The standard InChI is InChI=1S/C23H14ClF3N2O4/c24-15-6-4-14(5-7-15)20(30)18-19(13-8-10-28-11-9-13)29(22(32)21(18)31)16-2-1-3-17(12-16)33-23(25,26)27/h1-12,19,30H/b20-18+. The van der Waals surface area contributed by atoms with Crippen molar-refractivity contribution < 1.29 is 32.6 Å². The molecule has 2 aromatic carbocycles. The minimum atomic E-state index is -4.94. The fourth-order valence-corrected chi connectivity index (χ4v) is 3.68. The first-order valence-corrected chi connectivity index (χ1v) is 9.86. The molecule has 168 valence electrons. The van der Waals surface area contributed by atoms with Crippen LogP contribution in [0.5, 0.6) is 5.75 Å². The van der Waals surface area contributed by atoms with Crippen LogP contribution in [0.3, 0.4) is 0 Å². The molecular weight excluding hydrogens is 461 g/mol. The number of aromatic nitrogens is 1. The molecule has 33 heavy (non-hydrogen) atoms. The molecule has 10 heteroatoms. The number of ketones is 1. The van der Waals surface area contributed by atoms with Crippen LogP contribution in [0.4, 0.5) is 18.9 Å². The number of hydrogen-bond donors (Lipinski definition) is 1. The Kier molecular flexibility index (Phi) is 5.82. The summed E-state index contributed by atoms with van der Waals surface area (Å²) < 4.78 is 42.1. The lowest BCUT2D eigenvalue weighted by atomic mass is 9.96. The molecule has 0 bridgehead atoms. The van der Waals surface area contributed by atoms with E-state index < -0.39 is 35.6 Å². The second kappa shape index (κ2) is 8.59. The van der Waals surface area contributed by atoms with Crippen molar-refractivity contribution in [2.24, 2.45) is 0 Å². The summed E-state index contributed by atoms with van der Waals surface area (Å²) in [5, 5.41) is 11.4. The van der Waals surface area contributed by atoms with Crippen molar-refractivity contribution in [1.29, 1.82) is 0 Å². The van der Waals surface area contributed by atoms with E-state index in [0.717, 1.165) is 17.0 Å². The molecule has 0 saturated carbocycles. The molecule has 1 N–H and O–H groups in total. The van der Waals surface area contributed by atoms with E-state index in [9.17, 15) is 27.9 Å². The zero-order valence-corrected chi connectivity index (χ0v) is 17.3. The fraction of sp³-hybridized carbons (Fsp3) is 0.0870. The number of anilines is 1. The van der Waals surface area contributed by atoms with Gasteiger partial charge in [0.05, 0.1) is 11.6 Å². The van der Waals surface area contributed by atoms with Gasteiger partial charge >= 0.3 is 6.36 Å². The predicted molar refractivity (Wildman–Crippen MR) is 114 cm³/mol. The summed E-state index contributed by atoms with van der Waals surface area (Å²) in [6.07, 6.45) is -2.08. The molecule has 0 radical (unpaired) electrons. The molecule has 6 nitrogen and oxygen atoms in total. The first-order valence-electron chi connectivity index (χ1n) is 9.48. The van der Waals surface area contributed by atoms with E-state index in [0.29, 0.717) is 10.6 Å². The molecule has 0 spiro atoms. The van der Waals surface area contributed by atoms with Crippen LogP contribution >= 0.6 is 11.6 Å². The van der Waals surface area contributed by atoms with Gasteiger partial charge in [0.1, 0.15) is 11.5 Å². The van der Waals surface area contributed by atoms with Crippen molar-refractivity contribution >= 4 is 34.7 Å². The van der Waals surface area contributed by atoms with Gasteiger partial charge in [0.2, 0.25) is 0 Å². The Morgan fingerprint density at radius 1 is 1.03 bits per heavy atom. The van der Waals surface area contributed by atoms with Crippen LogP contribution in [0.1, 0.15) is 17.2 Å². The lowest BCUT2D eigenvalue weighted by molar-refractivity contribution is -0.274. The lowest BCUT2D eigenvalue weighted by Gasteiger charge is -2.25. The molecule has 1 amide bonds. The summed E-state index contributed by atoms with van der Waals surface area (Å²) in [6.45, 7) is 0. The van der Waals surface area contributed by atoms with Gasteiger partial charge in [0, 0.05) is 34.7 Å². The maximum absolute atomic E-state index is 13.0. The Labute approximate surface area is 190 Å². The van der Waals surface area contributed by atoms with Crippen molar-refractivity contribution in [2.75, 3.05) is 4.90 Å². The normalized spacial score (nSPS) is 17.9. The highest BCUT2D eigenvalue weighted by Gasteiger charge is 2.47. The average molecular weight is 475 g/mol. The van der Waals surface area contributed by atoms with E-state index in [1.807, 2.05) is 0 Å². The Balaban J connectivity index is 1.88. The third-order valence-corrected chi connectivity index (χ3v) is 5.17. The van der Waals surface area contributed by atoms with Gasteiger partial charge in [-0.1, -0.05) is 17.7 Å². The number of nitrogens with zero attached hydrogens (tertiary/aromatic N) is 2. The number of rotatable bonds is 4. The molecule has 1 fully saturated rings. The van der Waals surface area contributed by atoms with E-state index in [1.54, 1.807) is 0 Å². The molecule has 1 aliphatic heterocycles. The molecule has 1 atom stereocenters.